The Morgan fingerprint density at radius 3 is 2.53 bits per heavy atom. The predicted molar refractivity (Wildman–Crippen MR) is 72.0 cm³/mol. The van der Waals surface area contributed by atoms with Gasteiger partial charge in [0, 0.05) is 12.4 Å². The highest BCUT2D eigenvalue weighted by molar-refractivity contribution is 7.89. The van der Waals surface area contributed by atoms with Crippen molar-refractivity contribution in [2.45, 2.75) is 25.7 Å². The number of piperidine rings is 1. The molecule has 17 heavy (non-hydrogen) atoms. The summed E-state index contributed by atoms with van der Waals surface area (Å²) in [5.41, 5.74) is 0. The number of alkyl halides is 1. The van der Waals surface area contributed by atoms with Crippen molar-refractivity contribution in [2.24, 2.45) is 5.92 Å². The van der Waals surface area contributed by atoms with Crippen LogP contribution in [-0.4, -0.2) is 51.6 Å². The van der Waals surface area contributed by atoms with Crippen LogP contribution in [0.3, 0.4) is 0 Å². The molecule has 0 aromatic rings. The molecule has 1 N–H and O–H groups in total. The van der Waals surface area contributed by atoms with E-state index in [1.54, 1.807) is 0 Å². The van der Waals surface area contributed by atoms with Gasteiger partial charge in [0.15, 0.2) is 0 Å². The van der Waals surface area contributed by atoms with Gasteiger partial charge in [-0.05, 0) is 51.7 Å². The summed E-state index contributed by atoms with van der Waals surface area (Å²) < 4.78 is 26.0. The first-order valence-electron chi connectivity index (χ1n) is 6.25. The second kappa shape index (κ2) is 7.56. The minimum atomic E-state index is -3.09. The maximum atomic E-state index is 11.6. The van der Waals surface area contributed by atoms with Crippen LogP contribution in [0.1, 0.15) is 25.7 Å². The van der Waals surface area contributed by atoms with E-state index in [0.29, 0.717) is 24.8 Å². The van der Waals surface area contributed by atoms with Crippen molar-refractivity contribution >= 4 is 21.6 Å². The van der Waals surface area contributed by atoms with Crippen molar-refractivity contribution in [3.63, 3.8) is 0 Å². The molecule has 0 aromatic carbocycles. The molecule has 1 heterocycles. The molecule has 0 aliphatic carbocycles. The topological polar surface area (TPSA) is 49.4 Å². The van der Waals surface area contributed by atoms with Crippen LogP contribution in [0.2, 0.25) is 0 Å². The molecule has 0 atom stereocenters. The Bertz CT molecular complexity index is 301. The third-order valence-electron chi connectivity index (χ3n) is 3.23. The predicted octanol–water partition coefficient (Wildman–Crippen LogP) is 1.27. The fourth-order valence-electron chi connectivity index (χ4n) is 1.97. The van der Waals surface area contributed by atoms with E-state index < -0.39 is 10.0 Å². The van der Waals surface area contributed by atoms with Gasteiger partial charge in [-0.25, -0.2) is 13.1 Å². The monoisotopic (exact) mass is 282 g/mol. The standard InChI is InChI=1S/C11H23ClN2O2S/c1-14-7-4-11(5-8-14)10-13-17(15,16)9-3-2-6-12/h11,13H,2-10H2,1H3. The van der Waals surface area contributed by atoms with Crippen LogP contribution in [0, 0.1) is 5.92 Å². The Morgan fingerprint density at radius 1 is 1.29 bits per heavy atom. The molecule has 102 valence electrons. The first-order chi connectivity index (χ1) is 8.03. The van der Waals surface area contributed by atoms with Crippen LogP contribution >= 0.6 is 11.6 Å². The van der Waals surface area contributed by atoms with E-state index in [2.05, 4.69) is 16.7 Å². The van der Waals surface area contributed by atoms with Gasteiger partial charge >= 0.3 is 0 Å². The van der Waals surface area contributed by atoms with Crippen molar-refractivity contribution in [2.75, 3.05) is 38.3 Å². The molecular formula is C11H23ClN2O2S. The largest absolute Gasteiger partial charge is 0.306 e. The Morgan fingerprint density at radius 2 is 1.94 bits per heavy atom. The zero-order valence-electron chi connectivity index (χ0n) is 10.5. The average molecular weight is 283 g/mol. The molecule has 0 saturated carbocycles. The Kier molecular flexibility index (Phi) is 6.77. The smallest absolute Gasteiger partial charge is 0.211 e. The summed E-state index contributed by atoms with van der Waals surface area (Å²) >= 11 is 5.52. The molecule has 0 aromatic heterocycles. The van der Waals surface area contributed by atoms with Gasteiger partial charge in [-0.15, -0.1) is 11.6 Å². The van der Waals surface area contributed by atoms with Crippen LogP contribution in [-0.2, 0) is 10.0 Å². The van der Waals surface area contributed by atoms with E-state index in [1.807, 2.05) is 0 Å². The minimum Gasteiger partial charge on any atom is -0.306 e. The molecule has 0 unspecified atom stereocenters. The molecule has 0 bridgehead atoms. The second-order valence-electron chi connectivity index (χ2n) is 4.81. The number of likely N-dealkylation sites (tertiary alicyclic amines) is 1. The summed E-state index contributed by atoms with van der Waals surface area (Å²) in [5.74, 6) is 1.23. The quantitative estimate of drug-likeness (QED) is 0.565. The zero-order chi connectivity index (χ0) is 12.7. The lowest BCUT2D eigenvalue weighted by Crippen LogP contribution is -2.37. The number of nitrogens with zero attached hydrogens (tertiary/aromatic N) is 1. The van der Waals surface area contributed by atoms with E-state index in [0.717, 1.165) is 32.4 Å². The Labute approximate surface area is 110 Å². The summed E-state index contributed by atoms with van der Waals surface area (Å²) in [4.78, 5) is 2.28. The molecule has 0 spiro atoms. The lowest BCUT2D eigenvalue weighted by atomic mass is 9.98. The molecule has 1 aliphatic rings. The number of hydrogen-bond acceptors (Lipinski definition) is 3. The van der Waals surface area contributed by atoms with Crippen molar-refractivity contribution in [1.82, 2.24) is 9.62 Å². The number of sulfonamides is 1. The maximum Gasteiger partial charge on any atom is 0.211 e. The average Bonchev–Trinajstić information content (AvgIpc) is 2.29. The molecule has 1 rings (SSSR count). The fraction of sp³-hybridized carbons (Fsp3) is 1.00. The summed E-state index contributed by atoms with van der Waals surface area (Å²) in [6.07, 6.45) is 3.57. The lowest BCUT2D eigenvalue weighted by molar-refractivity contribution is 0.220. The van der Waals surface area contributed by atoms with Gasteiger partial charge in [0.1, 0.15) is 0 Å². The summed E-state index contributed by atoms with van der Waals surface area (Å²) in [6, 6.07) is 0. The van der Waals surface area contributed by atoms with E-state index in [1.165, 1.54) is 0 Å². The first-order valence-corrected chi connectivity index (χ1v) is 8.44. The Hall–Kier alpha value is 0.160. The van der Waals surface area contributed by atoms with Gasteiger partial charge in [0.25, 0.3) is 0 Å². The highest BCUT2D eigenvalue weighted by Gasteiger charge is 2.18. The van der Waals surface area contributed by atoms with E-state index in [-0.39, 0.29) is 5.75 Å². The van der Waals surface area contributed by atoms with Gasteiger partial charge < -0.3 is 4.90 Å². The number of hydrogen-bond donors (Lipinski definition) is 1. The second-order valence-corrected chi connectivity index (χ2v) is 7.11. The van der Waals surface area contributed by atoms with E-state index in [9.17, 15) is 8.42 Å². The van der Waals surface area contributed by atoms with Gasteiger partial charge in [0.2, 0.25) is 10.0 Å². The van der Waals surface area contributed by atoms with Crippen molar-refractivity contribution < 1.29 is 8.42 Å². The normalized spacial score (nSPS) is 19.6. The van der Waals surface area contributed by atoms with Gasteiger partial charge in [0.05, 0.1) is 5.75 Å². The van der Waals surface area contributed by atoms with Crippen LogP contribution < -0.4 is 4.72 Å². The maximum absolute atomic E-state index is 11.6. The van der Waals surface area contributed by atoms with Gasteiger partial charge in [-0.3, -0.25) is 0 Å². The minimum absolute atomic E-state index is 0.201. The van der Waals surface area contributed by atoms with Crippen LogP contribution in [0.25, 0.3) is 0 Å². The molecule has 0 radical (unpaired) electrons. The van der Waals surface area contributed by atoms with E-state index in [4.69, 9.17) is 11.6 Å². The SMILES string of the molecule is CN1CCC(CNS(=O)(=O)CCCCCl)CC1. The van der Waals surface area contributed by atoms with Crippen LogP contribution in [0.15, 0.2) is 0 Å². The first kappa shape index (κ1) is 15.2. The summed E-state index contributed by atoms with van der Waals surface area (Å²) in [6.45, 7) is 2.73. The number of halogens is 1. The lowest BCUT2D eigenvalue weighted by Gasteiger charge is -2.28. The fourth-order valence-corrected chi connectivity index (χ4v) is 3.38. The highest BCUT2D eigenvalue weighted by Crippen LogP contribution is 2.15. The molecule has 1 aliphatic heterocycles. The van der Waals surface area contributed by atoms with E-state index >= 15 is 0 Å². The summed E-state index contributed by atoms with van der Waals surface area (Å²) in [7, 11) is -0.985. The van der Waals surface area contributed by atoms with Gasteiger partial charge in [-0.1, -0.05) is 0 Å². The number of rotatable bonds is 7. The third kappa shape index (κ3) is 6.60. The molecule has 1 fully saturated rings. The van der Waals surface area contributed by atoms with Crippen LogP contribution in [0.4, 0.5) is 0 Å². The molecular weight excluding hydrogens is 260 g/mol. The summed E-state index contributed by atoms with van der Waals surface area (Å²) in [5, 5.41) is 0. The number of unbranched alkanes of at least 4 members (excludes halogenated alkanes) is 1. The zero-order valence-corrected chi connectivity index (χ0v) is 12.1. The molecule has 0 amide bonds. The van der Waals surface area contributed by atoms with Crippen molar-refractivity contribution in [3.8, 4) is 0 Å². The van der Waals surface area contributed by atoms with Crippen molar-refractivity contribution in [3.05, 3.63) is 0 Å². The third-order valence-corrected chi connectivity index (χ3v) is 4.93. The Balaban J connectivity index is 2.20. The highest BCUT2D eigenvalue weighted by atomic mass is 35.5. The number of nitrogens with one attached hydrogen (secondary N) is 1. The van der Waals surface area contributed by atoms with Crippen molar-refractivity contribution in [1.29, 1.82) is 0 Å². The molecule has 4 nitrogen and oxygen atoms in total. The van der Waals surface area contributed by atoms with Crippen LogP contribution in [0.5, 0.6) is 0 Å². The molecule has 1 saturated heterocycles. The molecule has 6 heteroatoms. The van der Waals surface area contributed by atoms with Gasteiger partial charge in [-0.2, -0.15) is 0 Å².